The molecule has 0 aliphatic rings. The maximum Gasteiger partial charge on any atom is 0.143 e. The van der Waals surface area contributed by atoms with Crippen LogP contribution in [0.5, 0.6) is 5.75 Å². The van der Waals surface area contributed by atoms with E-state index in [9.17, 15) is 9.90 Å². The molecule has 164 valence electrons. The van der Waals surface area contributed by atoms with E-state index < -0.39 is 5.41 Å². The summed E-state index contributed by atoms with van der Waals surface area (Å²) in [7, 11) is 0. The highest BCUT2D eigenvalue weighted by atomic mass is 16.3. The Hall–Kier alpha value is -3.47. The lowest BCUT2D eigenvalue weighted by Gasteiger charge is -2.16. The molecule has 32 heavy (non-hydrogen) atoms. The lowest BCUT2D eigenvalue weighted by Crippen LogP contribution is -2.22. The third-order valence-corrected chi connectivity index (χ3v) is 5.79. The Morgan fingerprint density at radius 1 is 0.906 bits per heavy atom. The van der Waals surface area contributed by atoms with Crippen molar-refractivity contribution in [1.82, 2.24) is 15.0 Å². The molecule has 0 radical (unpaired) electrons. The number of hydrogen-bond acceptors (Lipinski definition) is 4. The molecule has 4 aromatic rings. The van der Waals surface area contributed by atoms with Crippen LogP contribution in [0.3, 0.4) is 0 Å². The van der Waals surface area contributed by atoms with Gasteiger partial charge in [-0.15, -0.1) is 15.0 Å². The molecule has 0 bridgehead atoms. The summed E-state index contributed by atoms with van der Waals surface area (Å²) in [6.07, 6.45) is 1.12. The normalized spacial score (nSPS) is 11.8. The van der Waals surface area contributed by atoms with Crippen molar-refractivity contribution in [3.05, 3.63) is 82.4 Å². The van der Waals surface area contributed by atoms with Gasteiger partial charge in [0.25, 0.3) is 0 Å². The minimum absolute atomic E-state index is 0.0556. The van der Waals surface area contributed by atoms with Gasteiger partial charge in [0.2, 0.25) is 0 Å². The molecule has 1 heterocycles. The number of aromatic nitrogens is 3. The summed E-state index contributed by atoms with van der Waals surface area (Å²) in [5, 5.41) is 19.7. The Morgan fingerprint density at radius 2 is 1.62 bits per heavy atom. The fourth-order valence-corrected chi connectivity index (χ4v) is 3.74. The lowest BCUT2D eigenvalue weighted by molar-refractivity contribution is -0.125. The minimum Gasteiger partial charge on any atom is -0.506 e. The van der Waals surface area contributed by atoms with E-state index in [4.69, 9.17) is 0 Å². The van der Waals surface area contributed by atoms with Gasteiger partial charge in [-0.05, 0) is 66.8 Å². The maximum atomic E-state index is 12.3. The van der Waals surface area contributed by atoms with Gasteiger partial charge in [0.1, 0.15) is 28.3 Å². The lowest BCUT2D eigenvalue weighted by atomic mass is 9.87. The number of nitrogens with zero attached hydrogens (tertiary/aromatic N) is 3. The molecule has 1 N–H and O–H groups in total. The number of ketones is 1. The van der Waals surface area contributed by atoms with Gasteiger partial charge in [-0.25, -0.2) is 0 Å². The van der Waals surface area contributed by atoms with Crippen LogP contribution in [-0.2, 0) is 17.6 Å². The van der Waals surface area contributed by atoms with E-state index in [1.54, 1.807) is 12.1 Å². The number of fused-ring (bicyclic) bond motifs is 1. The zero-order valence-corrected chi connectivity index (χ0v) is 19.3. The minimum atomic E-state index is -0.412. The second kappa shape index (κ2) is 8.23. The Morgan fingerprint density at radius 3 is 2.31 bits per heavy atom. The van der Waals surface area contributed by atoms with Crippen LogP contribution in [-0.4, -0.2) is 25.9 Å². The number of rotatable bonds is 5. The zero-order valence-electron chi connectivity index (χ0n) is 19.3. The molecule has 0 spiro atoms. The Labute approximate surface area is 188 Å². The SMILES string of the molecule is Cc1ccc(Cc2ccc3nn(-c4ccc(CC(=O)C(C)(C)C)cc4O)nc3c2)c(C)c1. The number of carbonyl (C=O) groups excluding carboxylic acids is 1. The van der Waals surface area contributed by atoms with Gasteiger partial charge >= 0.3 is 0 Å². The molecule has 0 atom stereocenters. The van der Waals surface area contributed by atoms with Crippen LogP contribution in [0, 0.1) is 19.3 Å². The van der Waals surface area contributed by atoms with Crippen LogP contribution < -0.4 is 0 Å². The van der Waals surface area contributed by atoms with Crippen molar-refractivity contribution in [2.24, 2.45) is 5.41 Å². The van der Waals surface area contributed by atoms with Crippen LogP contribution in [0.1, 0.15) is 48.6 Å². The predicted octanol–water partition coefficient (Wildman–Crippen LogP) is 5.49. The van der Waals surface area contributed by atoms with E-state index in [1.807, 2.05) is 39.0 Å². The highest BCUT2D eigenvalue weighted by molar-refractivity contribution is 5.86. The molecule has 5 nitrogen and oxygen atoms in total. The van der Waals surface area contributed by atoms with Gasteiger partial charge in [0, 0.05) is 11.8 Å². The number of benzene rings is 3. The summed E-state index contributed by atoms with van der Waals surface area (Å²) >= 11 is 0. The van der Waals surface area contributed by atoms with Crippen LogP contribution in [0.4, 0.5) is 0 Å². The van der Waals surface area contributed by atoms with Gasteiger partial charge in [-0.2, -0.15) is 0 Å². The van der Waals surface area contributed by atoms with Gasteiger partial charge in [0.05, 0.1) is 0 Å². The van der Waals surface area contributed by atoms with Crippen LogP contribution in [0.25, 0.3) is 16.7 Å². The summed E-state index contributed by atoms with van der Waals surface area (Å²) < 4.78 is 0. The fourth-order valence-electron chi connectivity index (χ4n) is 3.74. The Balaban J connectivity index is 1.59. The molecule has 3 aromatic carbocycles. The highest BCUT2D eigenvalue weighted by Gasteiger charge is 2.21. The van der Waals surface area contributed by atoms with E-state index in [-0.39, 0.29) is 18.0 Å². The molecule has 0 fully saturated rings. The standard InChI is InChI=1S/C27H29N3O2/c1-17-6-9-21(18(2)12-17)13-19-7-10-22-23(14-19)29-30(28-22)24-11-8-20(15-25(24)31)16-26(32)27(3,4)5/h6-12,14-15,31H,13,16H2,1-5H3. The van der Waals surface area contributed by atoms with E-state index in [2.05, 4.69) is 48.3 Å². The summed E-state index contributed by atoms with van der Waals surface area (Å²) in [5.74, 6) is 0.184. The average molecular weight is 428 g/mol. The number of hydrogen-bond donors (Lipinski definition) is 1. The number of aryl methyl sites for hydroxylation is 2. The monoisotopic (exact) mass is 427 g/mol. The Bertz CT molecular complexity index is 1310. The maximum absolute atomic E-state index is 12.3. The number of phenolic OH excluding ortho intramolecular Hbond substituents is 1. The Kier molecular flexibility index (Phi) is 5.59. The van der Waals surface area contributed by atoms with Gasteiger partial charge in [0.15, 0.2) is 0 Å². The van der Waals surface area contributed by atoms with E-state index >= 15 is 0 Å². The quantitative estimate of drug-likeness (QED) is 0.457. The number of aromatic hydroxyl groups is 1. The average Bonchev–Trinajstić information content (AvgIpc) is 3.12. The molecule has 4 rings (SSSR count). The molecule has 5 heteroatoms. The molecule has 0 unspecified atom stereocenters. The molecule has 0 amide bonds. The highest BCUT2D eigenvalue weighted by Crippen LogP contribution is 2.26. The van der Waals surface area contributed by atoms with E-state index in [0.29, 0.717) is 5.69 Å². The summed E-state index contributed by atoms with van der Waals surface area (Å²) in [6.45, 7) is 9.94. The third-order valence-electron chi connectivity index (χ3n) is 5.79. The first-order chi connectivity index (χ1) is 15.1. The summed E-state index contributed by atoms with van der Waals surface area (Å²) in [4.78, 5) is 13.8. The molecule has 1 aromatic heterocycles. The zero-order chi connectivity index (χ0) is 23.0. The van der Waals surface area contributed by atoms with Gasteiger partial charge in [-0.3, -0.25) is 4.79 Å². The largest absolute Gasteiger partial charge is 0.506 e. The molecular formula is C27H29N3O2. The molecule has 0 aliphatic heterocycles. The van der Waals surface area contributed by atoms with Crippen molar-refractivity contribution in [3.63, 3.8) is 0 Å². The third kappa shape index (κ3) is 4.57. The molecule has 0 aliphatic carbocycles. The van der Waals surface area contributed by atoms with Crippen molar-refractivity contribution in [1.29, 1.82) is 0 Å². The fraction of sp³-hybridized carbons (Fsp3) is 0.296. The van der Waals surface area contributed by atoms with Crippen LogP contribution >= 0.6 is 0 Å². The first-order valence-corrected chi connectivity index (χ1v) is 10.9. The topological polar surface area (TPSA) is 68.0 Å². The van der Waals surface area contributed by atoms with Crippen molar-refractivity contribution in [3.8, 4) is 11.4 Å². The molecule has 0 saturated heterocycles. The van der Waals surface area contributed by atoms with Crippen molar-refractivity contribution >= 4 is 16.8 Å². The van der Waals surface area contributed by atoms with E-state index in [1.165, 1.54) is 21.5 Å². The van der Waals surface area contributed by atoms with Crippen LogP contribution in [0.15, 0.2) is 54.6 Å². The second-order valence-corrected chi connectivity index (χ2v) is 9.59. The summed E-state index contributed by atoms with van der Waals surface area (Å²) in [5.41, 5.74) is 7.39. The first-order valence-electron chi connectivity index (χ1n) is 10.9. The predicted molar refractivity (Wildman–Crippen MR) is 127 cm³/mol. The number of phenols is 1. The van der Waals surface area contributed by atoms with Crippen LogP contribution in [0.2, 0.25) is 0 Å². The smallest absolute Gasteiger partial charge is 0.143 e. The number of carbonyl (C=O) groups is 1. The summed E-state index contributed by atoms with van der Waals surface area (Å²) in [6, 6.07) is 17.8. The molecular weight excluding hydrogens is 398 g/mol. The number of Topliss-reactive ketones (excluding diaryl/α,β-unsaturated/α-hetero) is 1. The van der Waals surface area contributed by atoms with E-state index in [0.717, 1.165) is 28.6 Å². The second-order valence-electron chi connectivity index (χ2n) is 9.59. The van der Waals surface area contributed by atoms with Crippen molar-refractivity contribution < 1.29 is 9.90 Å². The van der Waals surface area contributed by atoms with Crippen molar-refractivity contribution in [2.75, 3.05) is 0 Å². The first kappa shape index (κ1) is 21.8. The van der Waals surface area contributed by atoms with Gasteiger partial charge < -0.3 is 5.11 Å². The molecule has 0 saturated carbocycles. The van der Waals surface area contributed by atoms with Gasteiger partial charge in [-0.1, -0.05) is 56.7 Å². The van der Waals surface area contributed by atoms with Crippen molar-refractivity contribution in [2.45, 2.75) is 47.5 Å².